The second-order valence-corrected chi connectivity index (χ2v) is 10.2. The summed E-state index contributed by atoms with van der Waals surface area (Å²) in [5.41, 5.74) is 1.75. The number of aromatic hydroxyl groups is 1. The first kappa shape index (κ1) is 29.4. The topological polar surface area (TPSA) is 191 Å². The van der Waals surface area contributed by atoms with Gasteiger partial charge in [0.25, 0.3) is 0 Å². The van der Waals surface area contributed by atoms with Gasteiger partial charge in [-0.15, -0.1) is 0 Å². The number of aliphatic hydroxyl groups is 3. The van der Waals surface area contributed by atoms with E-state index >= 15 is 0 Å². The van der Waals surface area contributed by atoms with Crippen LogP contribution in [-0.2, 0) is 9.47 Å². The molecule has 1 aliphatic carbocycles. The van der Waals surface area contributed by atoms with Gasteiger partial charge in [0.15, 0.2) is 16.8 Å². The van der Waals surface area contributed by atoms with Gasteiger partial charge in [-0.3, -0.25) is 4.79 Å². The van der Waals surface area contributed by atoms with Crippen LogP contribution in [0.5, 0.6) is 5.75 Å². The summed E-state index contributed by atoms with van der Waals surface area (Å²) >= 11 is 5.32. The molecular weight excluding hydrogens is 568 g/mol. The van der Waals surface area contributed by atoms with E-state index in [-0.39, 0.29) is 46.3 Å². The number of phenols is 1. The molecule has 2 aromatic carbocycles. The van der Waals surface area contributed by atoms with Gasteiger partial charge in [-0.1, -0.05) is 6.07 Å². The Balaban J connectivity index is 1.33. The molecule has 12 nitrogen and oxygen atoms in total. The Hall–Kier alpha value is -4.11. The number of fused-ring (bicyclic) bond motifs is 2. The molecule has 0 aromatic heterocycles. The third-order valence-electron chi connectivity index (χ3n) is 6.93. The molecule has 2 aliphatic heterocycles. The van der Waals surface area contributed by atoms with Crippen LogP contribution < -0.4 is 16.1 Å². The van der Waals surface area contributed by atoms with Crippen LogP contribution in [-0.4, -0.2) is 80.5 Å². The number of rotatable bonds is 7. The van der Waals surface area contributed by atoms with Crippen LogP contribution in [0, 0.1) is 0 Å². The first-order valence-electron chi connectivity index (χ1n) is 13.0. The van der Waals surface area contributed by atoms with Crippen molar-refractivity contribution in [3.05, 3.63) is 70.4 Å². The lowest BCUT2D eigenvalue weighted by atomic mass is 9.90. The number of hydrogen-bond acceptors (Lipinski definition) is 10. The average molecular weight is 597 g/mol. The first-order valence-corrected chi connectivity index (χ1v) is 13.4. The number of nitrogens with one attached hydrogen (secondary N) is 2. The van der Waals surface area contributed by atoms with Gasteiger partial charge in [-0.2, -0.15) is 0 Å². The minimum atomic E-state index is -1.42. The van der Waals surface area contributed by atoms with Gasteiger partial charge in [0.1, 0.15) is 35.4 Å². The van der Waals surface area contributed by atoms with Crippen LogP contribution in [0.4, 0.5) is 5.69 Å². The summed E-state index contributed by atoms with van der Waals surface area (Å²) in [4.78, 5) is 24.4. The van der Waals surface area contributed by atoms with Crippen molar-refractivity contribution >= 4 is 40.0 Å². The van der Waals surface area contributed by atoms with Crippen molar-refractivity contribution in [3.63, 3.8) is 0 Å². The Kier molecular flexibility index (Phi) is 8.41. The average Bonchev–Trinajstić information content (AvgIpc) is 2.95. The molecule has 5 atom stereocenters. The fraction of sp³-hybridized carbons (Fsp3) is 0.276. The second kappa shape index (κ2) is 12.0. The van der Waals surface area contributed by atoms with Gasteiger partial charge >= 0.3 is 5.97 Å². The van der Waals surface area contributed by atoms with E-state index < -0.39 is 36.7 Å². The summed E-state index contributed by atoms with van der Waals surface area (Å²) < 4.78 is 16.7. The van der Waals surface area contributed by atoms with Gasteiger partial charge in [-0.05, 0) is 61.1 Å². The summed E-state index contributed by atoms with van der Waals surface area (Å²) in [7, 11) is 0. The SMILES string of the molecule is CC1O[C@@H](OCCNC(=S)Nc2ccc(-c3c4ccc(=O)cc-4oc4cc(O)ccc34)c(C(=O)O)c2)C(O)C(O)C1O. The number of thiocarbonyl (C=S) groups is 1. The molecule has 2 aromatic rings. The molecule has 3 aliphatic rings. The molecule has 5 rings (SSSR count). The van der Waals surface area contributed by atoms with E-state index in [9.17, 15) is 35.1 Å². The van der Waals surface area contributed by atoms with Gasteiger partial charge < -0.3 is 50.1 Å². The number of aliphatic hydroxyl groups excluding tert-OH is 3. The molecule has 0 bridgehead atoms. The maximum atomic E-state index is 12.4. The fourth-order valence-electron chi connectivity index (χ4n) is 4.83. The van der Waals surface area contributed by atoms with Crippen LogP contribution in [0.25, 0.3) is 33.4 Å². The third kappa shape index (κ3) is 5.92. The third-order valence-corrected chi connectivity index (χ3v) is 7.18. The predicted octanol–water partition coefficient (Wildman–Crippen LogP) is 2.10. The van der Waals surface area contributed by atoms with Crippen molar-refractivity contribution < 1.29 is 44.2 Å². The first-order chi connectivity index (χ1) is 20.0. The van der Waals surface area contributed by atoms with Crippen LogP contribution >= 0.6 is 12.2 Å². The summed E-state index contributed by atoms with van der Waals surface area (Å²) in [5, 5.41) is 56.4. The minimum absolute atomic E-state index is 0.0399. The quantitative estimate of drug-likeness (QED) is 0.0933. The van der Waals surface area contributed by atoms with Crippen molar-refractivity contribution in [2.45, 2.75) is 37.6 Å². The molecule has 0 amide bonds. The summed E-state index contributed by atoms with van der Waals surface area (Å²) in [6.07, 6.45) is -5.92. The molecule has 7 N–H and O–H groups in total. The fourth-order valence-corrected chi connectivity index (χ4v) is 5.05. The molecule has 0 spiro atoms. The predicted molar refractivity (Wildman–Crippen MR) is 156 cm³/mol. The molecule has 0 saturated carbocycles. The Morgan fingerprint density at radius 3 is 2.52 bits per heavy atom. The van der Waals surface area contributed by atoms with Crippen molar-refractivity contribution in [1.29, 1.82) is 0 Å². The van der Waals surface area contributed by atoms with E-state index in [1.54, 1.807) is 31.2 Å². The van der Waals surface area contributed by atoms with Gasteiger partial charge in [0.2, 0.25) is 0 Å². The van der Waals surface area contributed by atoms with Crippen LogP contribution in [0.2, 0.25) is 0 Å². The van der Waals surface area contributed by atoms with E-state index in [0.717, 1.165) is 0 Å². The standard InChI is InChI=1S/C29H28N2O10S/c1-13-24(34)25(35)26(36)28(40-13)39-9-8-30-29(42)31-14-2-5-17(20(10-14)27(37)38)23-18-6-3-15(32)11-21(18)41-22-12-16(33)4-7-19(22)23/h2-7,10-13,24-26,28,32,34-36H,8-9H2,1H3,(H,37,38)(H2,30,31,42)/t13?,24?,25?,26?,28-/m1/s1. The highest BCUT2D eigenvalue weighted by atomic mass is 32.1. The zero-order valence-electron chi connectivity index (χ0n) is 22.2. The number of carbonyl (C=O) groups is 1. The van der Waals surface area contributed by atoms with Crippen molar-refractivity contribution in [1.82, 2.24) is 5.32 Å². The normalized spacial score (nSPS) is 22.2. The highest BCUT2D eigenvalue weighted by Crippen LogP contribution is 2.42. The lowest BCUT2D eigenvalue weighted by molar-refractivity contribution is -0.292. The molecule has 13 heteroatoms. The van der Waals surface area contributed by atoms with E-state index in [1.165, 1.54) is 30.3 Å². The Bertz CT molecular complexity index is 1670. The van der Waals surface area contributed by atoms with Crippen molar-refractivity contribution in [3.8, 4) is 28.2 Å². The van der Waals surface area contributed by atoms with Gasteiger partial charge in [0.05, 0.1) is 18.3 Å². The largest absolute Gasteiger partial charge is 0.508 e. The maximum Gasteiger partial charge on any atom is 0.336 e. The molecule has 1 fully saturated rings. The molecule has 1 saturated heterocycles. The summed E-state index contributed by atoms with van der Waals surface area (Å²) in [5.74, 6) is -1.00. The number of carboxylic acid groups (broad SMARTS) is 1. The number of carboxylic acids is 1. The van der Waals surface area contributed by atoms with Crippen molar-refractivity contribution in [2.75, 3.05) is 18.5 Å². The van der Waals surface area contributed by atoms with Crippen molar-refractivity contribution in [2.24, 2.45) is 0 Å². The van der Waals surface area contributed by atoms with Crippen LogP contribution in [0.3, 0.4) is 0 Å². The van der Waals surface area contributed by atoms with E-state index in [0.29, 0.717) is 27.8 Å². The Morgan fingerprint density at radius 1 is 1.00 bits per heavy atom. The Morgan fingerprint density at radius 2 is 1.76 bits per heavy atom. The van der Waals surface area contributed by atoms with Crippen LogP contribution in [0.15, 0.2) is 63.8 Å². The zero-order valence-corrected chi connectivity index (χ0v) is 23.0. The number of benzene rings is 3. The van der Waals surface area contributed by atoms with Crippen LogP contribution in [0.1, 0.15) is 17.3 Å². The Labute approximate surface area is 244 Å². The smallest absolute Gasteiger partial charge is 0.336 e. The lowest BCUT2D eigenvalue weighted by Gasteiger charge is -2.38. The molecule has 2 heterocycles. The lowest BCUT2D eigenvalue weighted by Crippen LogP contribution is -2.57. The highest BCUT2D eigenvalue weighted by Gasteiger charge is 2.42. The summed E-state index contributed by atoms with van der Waals surface area (Å²) in [6, 6.07) is 13.4. The minimum Gasteiger partial charge on any atom is -0.508 e. The number of phenolic OH excluding ortho intramolecular Hbond substituents is 1. The highest BCUT2D eigenvalue weighted by molar-refractivity contribution is 7.80. The summed E-state index contributed by atoms with van der Waals surface area (Å²) in [6.45, 7) is 1.78. The van der Waals surface area contributed by atoms with Gasteiger partial charge in [0, 0.05) is 40.9 Å². The maximum absolute atomic E-state index is 12.4. The number of ether oxygens (including phenoxy) is 2. The zero-order chi connectivity index (χ0) is 30.1. The molecular formula is C29H28N2O10S. The van der Waals surface area contributed by atoms with E-state index in [2.05, 4.69) is 10.6 Å². The molecule has 4 unspecified atom stereocenters. The molecule has 220 valence electrons. The van der Waals surface area contributed by atoms with E-state index in [4.69, 9.17) is 26.1 Å². The van der Waals surface area contributed by atoms with E-state index in [1.807, 2.05) is 0 Å². The second-order valence-electron chi connectivity index (χ2n) is 9.81. The monoisotopic (exact) mass is 596 g/mol. The molecule has 0 radical (unpaired) electrons. The molecule has 42 heavy (non-hydrogen) atoms. The van der Waals surface area contributed by atoms with Gasteiger partial charge in [-0.25, -0.2) is 4.79 Å². The number of aromatic carboxylic acids is 1. The number of hydrogen-bond donors (Lipinski definition) is 7. The number of anilines is 1.